The molecule has 29 heavy (non-hydrogen) atoms. The lowest BCUT2D eigenvalue weighted by molar-refractivity contribution is -0.112. The summed E-state index contributed by atoms with van der Waals surface area (Å²) in [5.41, 5.74) is -0.486. The van der Waals surface area contributed by atoms with E-state index in [1.807, 2.05) is 6.07 Å². The summed E-state index contributed by atoms with van der Waals surface area (Å²) in [4.78, 5) is 21.8. The SMILES string of the molecule is C[C@]12CCC3C(CCC4=CC(=O)C=C[C@@]43O)C1CCC2OP(=O)(O)OCCC#N. The second-order valence-electron chi connectivity index (χ2n) is 9.07. The normalized spacial score (nSPS) is 42.8. The van der Waals surface area contributed by atoms with Crippen LogP contribution in [0.25, 0.3) is 0 Å². The minimum absolute atomic E-state index is 0.0344. The Morgan fingerprint density at radius 3 is 2.86 bits per heavy atom. The number of nitrogens with zero attached hydrogens (tertiary/aromatic N) is 1. The third-order valence-electron chi connectivity index (χ3n) is 7.72. The number of phosphoric ester groups is 1. The summed E-state index contributed by atoms with van der Waals surface area (Å²) in [5, 5.41) is 20.0. The lowest BCUT2D eigenvalue weighted by Crippen LogP contribution is -2.54. The molecule has 0 saturated heterocycles. The Labute approximate surface area is 171 Å². The van der Waals surface area contributed by atoms with Crippen molar-refractivity contribution in [1.82, 2.24) is 0 Å². The van der Waals surface area contributed by atoms with Crippen LogP contribution in [0.1, 0.15) is 51.9 Å². The van der Waals surface area contributed by atoms with Gasteiger partial charge in [-0.3, -0.25) is 13.8 Å². The Kier molecular flexibility index (Phi) is 5.38. The fourth-order valence-corrected chi connectivity index (χ4v) is 7.42. The molecule has 7 atom stereocenters. The zero-order valence-corrected chi connectivity index (χ0v) is 17.5. The maximum Gasteiger partial charge on any atom is 0.472 e. The van der Waals surface area contributed by atoms with Crippen LogP contribution >= 0.6 is 7.82 Å². The first-order valence-electron chi connectivity index (χ1n) is 10.4. The van der Waals surface area contributed by atoms with Crippen molar-refractivity contribution in [3.05, 3.63) is 23.8 Å². The predicted molar refractivity (Wildman–Crippen MR) is 104 cm³/mol. The van der Waals surface area contributed by atoms with Crippen molar-refractivity contribution in [3.8, 4) is 6.07 Å². The van der Waals surface area contributed by atoms with Crippen LogP contribution in [-0.4, -0.2) is 34.1 Å². The molecule has 4 aliphatic carbocycles. The third kappa shape index (κ3) is 3.56. The number of rotatable bonds is 5. The number of aliphatic hydroxyl groups is 1. The standard InChI is InChI=1S/C21H28NO6P/c1-20-9-8-18-16(4-3-14-13-15(23)7-10-21(14,18)24)17(20)5-6-19(20)28-29(25,26)27-12-2-11-22/h7,10,13,16-19,24H,2-6,8-9,12H2,1H3,(H,25,26)/t16?,17?,18?,19?,20-,21+/m0/s1. The van der Waals surface area contributed by atoms with Crippen LogP contribution in [0, 0.1) is 34.5 Å². The quantitative estimate of drug-likeness (QED) is 0.516. The highest BCUT2D eigenvalue weighted by Gasteiger charge is 2.60. The van der Waals surface area contributed by atoms with Crippen LogP contribution in [0.15, 0.2) is 23.8 Å². The number of fused-ring (bicyclic) bond motifs is 5. The lowest BCUT2D eigenvalue weighted by atomic mass is 9.51. The summed E-state index contributed by atoms with van der Waals surface area (Å²) in [6, 6.07) is 1.88. The molecule has 7 nitrogen and oxygen atoms in total. The van der Waals surface area contributed by atoms with Crippen molar-refractivity contribution in [2.45, 2.75) is 63.6 Å². The zero-order chi connectivity index (χ0) is 20.9. The molecular weight excluding hydrogens is 393 g/mol. The van der Waals surface area contributed by atoms with Gasteiger partial charge in [-0.25, -0.2) is 4.57 Å². The van der Waals surface area contributed by atoms with E-state index in [2.05, 4.69) is 6.92 Å². The molecule has 3 fully saturated rings. The van der Waals surface area contributed by atoms with Crippen molar-refractivity contribution in [1.29, 1.82) is 5.26 Å². The first-order chi connectivity index (χ1) is 13.7. The van der Waals surface area contributed by atoms with Gasteiger partial charge in [0.25, 0.3) is 0 Å². The van der Waals surface area contributed by atoms with Crippen LogP contribution < -0.4 is 0 Å². The van der Waals surface area contributed by atoms with Gasteiger partial charge in [-0.1, -0.05) is 6.92 Å². The monoisotopic (exact) mass is 421 g/mol. The van der Waals surface area contributed by atoms with Gasteiger partial charge in [0.2, 0.25) is 0 Å². The maximum absolute atomic E-state index is 12.3. The summed E-state index contributed by atoms with van der Waals surface area (Å²) in [6.45, 7) is 1.99. The van der Waals surface area contributed by atoms with Crippen LogP contribution in [0.2, 0.25) is 0 Å². The van der Waals surface area contributed by atoms with Gasteiger partial charge < -0.3 is 10.00 Å². The zero-order valence-electron chi connectivity index (χ0n) is 16.6. The molecule has 2 N–H and O–H groups in total. The number of hydrogen-bond acceptors (Lipinski definition) is 6. The second kappa shape index (κ2) is 7.44. The van der Waals surface area contributed by atoms with Crippen molar-refractivity contribution < 1.29 is 28.4 Å². The molecular formula is C21H28NO6P. The maximum atomic E-state index is 12.3. The van der Waals surface area contributed by atoms with Crippen LogP contribution in [0.3, 0.4) is 0 Å². The molecule has 0 amide bonds. The van der Waals surface area contributed by atoms with Gasteiger partial charge >= 0.3 is 7.82 Å². The molecule has 0 spiro atoms. The molecule has 4 aliphatic rings. The highest BCUT2D eigenvalue weighted by Crippen LogP contribution is 2.64. The van der Waals surface area contributed by atoms with Gasteiger partial charge in [0.05, 0.1) is 25.2 Å². The molecule has 3 saturated carbocycles. The molecule has 0 radical (unpaired) electrons. The molecule has 0 aromatic heterocycles. The topological polar surface area (TPSA) is 117 Å². The van der Waals surface area contributed by atoms with Gasteiger partial charge in [0.15, 0.2) is 5.78 Å². The van der Waals surface area contributed by atoms with E-state index in [9.17, 15) is 19.4 Å². The Hall–Kier alpha value is -1.29. The first-order valence-corrected chi connectivity index (χ1v) is 11.9. The summed E-state index contributed by atoms with van der Waals surface area (Å²) in [7, 11) is -4.22. The largest absolute Gasteiger partial charge is 0.472 e. The van der Waals surface area contributed by atoms with E-state index in [4.69, 9.17) is 14.3 Å². The van der Waals surface area contributed by atoms with Crippen molar-refractivity contribution in [2.75, 3.05) is 6.61 Å². The summed E-state index contributed by atoms with van der Waals surface area (Å²) >= 11 is 0. The second-order valence-corrected chi connectivity index (χ2v) is 10.5. The first kappa shape index (κ1) is 21.0. The van der Waals surface area contributed by atoms with Gasteiger partial charge in [0.1, 0.15) is 5.60 Å². The lowest BCUT2D eigenvalue weighted by Gasteiger charge is -2.55. The van der Waals surface area contributed by atoms with Crippen LogP contribution in [0.4, 0.5) is 0 Å². The Morgan fingerprint density at radius 2 is 2.10 bits per heavy atom. The number of carbonyl (C=O) groups excluding carboxylic acids is 1. The Bertz CT molecular complexity index is 847. The van der Waals surface area contributed by atoms with Crippen molar-refractivity contribution in [2.24, 2.45) is 23.2 Å². The molecule has 0 aliphatic heterocycles. The summed E-state index contributed by atoms with van der Waals surface area (Å²) < 4.78 is 22.9. The van der Waals surface area contributed by atoms with E-state index in [1.54, 1.807) is 12.2 Å². The highest BCUT2D eigenvalue weighted by molar-refractivity contribution is 7.47. The summed E-state index contributed by atoms with van der Waals surface area (Å²) in [6.07, 6.45) is 9.08. The van der Waals surface area contributed by atoms with E-state index in [1.165, 1.54) is 6.08 Å². The minimum Gasteiger partial charge on any atom is -0.381 e. The van der Waals surface area contributed by atoms with E-state index in [0.717, 1.165) is 31.3 Å². The van der Waals surface area contributed by atoms with E-state index in [-0.39, 0.29) is 48.1 Å². The van der Waals surface area contributed by atoms with Crippen LogP contribution in [0.5, 0.6) is 0 Å². The molecule has 0 heterocycles. The van der Waals surface area contributed by atoms with Gasteiger partial charge in [-0.05, 0) is 85.5 Å². The smallest absolute Gasteiger partial charge is 0.381 e. The highest BCUT2D eigenvalue weighted by atomic mass is 31.2. The minimum atomic E-state index is -4.22. The number of phosphoric acid groups is 1. The number of ketones is 1. The molecule has 0 aromatic carbocycles. The fraction of sp³-hybridized carbons (Fsp3) is 0.714. The third-order valence-corrected chi connectivity index (χ3v) is 8.75. The van der Waals surface area contributed by atoms with Crippen LogP contribution in [-0.2, 0) is 18.4 Å². The van der Waals surface area contributed by atoms with E-state index >= 15 is 0 Å². The average molecular weight is 421 g/mol. The van der Waals surface area contributed by atoms with Gasteiger partial charge in [-0.15, -0.1) is 0 Å². The number of allylic oxidation sites excluding steroid dienone is 2. The fourth-order valence-electron chi connectivity index (χ4n) is 6.37. The van der Waals surface area contributed by atoms with E-state index < -0.39 is 13.4 Å². The molecule has 5 unspecified atom stereocenters. The van der Waals surface area contributed by atoms with Crippen molar-refractivity contribution >= 4 is 13.6 Å². The van der Waals surface area contributed by atoms with E-state index in [0.29, 0.717) is 12.8 Å². The van der Waals surface area contributed by atoms with Gasteiger partial charge in [0, 0.05) is 0 Å². The van der Waals surface area contributed by atoms with Gasteiger partial charge in [-0.2, -0.15) is 5.26 Å². The number of nitriles is 1. The molecule has 8 heteroatoms. The average Bonchev–Trinajstić information content (AvgIpc) is 2.98. The number of hydrogen-bond donors (Lipinski definition) is 2. The Balaban J connectivity index is 1.51. The molecule has 4 rings (SSSR count). The number of carbonyl (C=O) groups is 1. The van der Waals surface area contributed by atoms with Crippen molar-refractivity contribution in [3.63, 3.8) is 0 Å². The molecule has 0 aromatic rings. The molecule has 0 bridgehead atoms. The molecule has 158 valence electrons. The Morgan fingerprint density at radius 1 is 1.31 bits per heavy atom. The predicted octanol–water partition coefficient (Wildman–Crippen LogP) is 3.43. The summed E-state index contributed by atoms with van der Waals surface area (Å²) in [5.74, 6) is 0.548.